The van der Waals surface area contributed by atoms with Gasteiger partial charge in [-0.25, -0.2) is 0 Å². The van der Waals surface area contributed by atoms with Gasteiger partial charge >= 0.3 is 12.0 Å². The van der Waals surface area contributed by atoms with E-state index in [1.807, 2.05) is 39.8 Å². The Bertz CT molecular complexity index is 647. The summed E-state index contributed by atoms with van der Waals surface area (Å²) in [5.41, 5.74) is 3.19. The maximum atomic E-state index is 5.88. The van der Waals surface area contributed by atoms with Gasteiger partial charge in [-0.15, -0.1) is 4.98 Å². The van der Waals surface area contributed by atoms with Crippen molar-refractivity contribution < 1.29 is 9.47 Å². The number of hydrogen-bond donors (Lipinski definition) is 0. The van der Waals surface area contributed by atoms with Crippen LogP contribution in [0.5, 0.6) is 17.8 Å². The van der Waals surface area contributed by atoms with E-state index in [4.69, 9.17) is 21.1 Å². The van der Waals surface area contributed by atoms with Crippen LogP contribution in [0.2, 0.25) is 5.28 Å². The highest BCUT2D eigenvalue weighted by Gasteiger charge is 2.12. The van der Waals surface area contributed by atoms with Crippen LogP contribution in [0.1, 0.15) is 30.0 Å². The van der Waals surface area contributed by atoms with E-state index in [0.29, 0.717) is 6.61 Å². The first-order chi connectivity index (χ1) is 10.0. The maximum Gasteiger partial charge on any atom is 0.329 e. The van der Waals surface area contributed by atoms with Crippen LogP contribution >= 0.6 is 11.6 Å². The molecule has 112 valence electrons. The molecule has 0 fully saturated rings. The quantitative estimate of drug-likeness (QED) is 0.834. The van der Waals surface area contributed by atoms with Crippen molar-refractivity contribution >= 4 is 11.6 Å². The summed E-state index contributed by atoms with van der Waals surface area (Å²) < 4.78 is 11.2. The van der Waals surface area contributed by atoms with Gasteiger partial charge in [0.15, 0.2) is 0 Å². The number of halogens is 1. The number of aryl methyl sites for hydroxylation is 2. The van der Waals surface area contributed by atoms with Gasteiger partial charge in [-0.1, -0.05) is 19.1 Å². The summed E-state index contributed by atoms with van der Waals surface area (Å²) in [7, 11) is 0. The van der Waals surface area contributed by atoms with Gasteiger partial charge in [-0.3, -0.25) is 0 Å². The minimum absolute atomic E-state index is 0.0501. The van der Waals surface area contributed by atoms with Crippen LogP contribution in [0, 0.1) is 20.8 Å². The van der Waals surface area contributed by atoms with E-state index in [9.17, 15) is 0 Å². The molecule has 0 aliphatic rings. The van der Waals surface area contributed by atoms with Crippen LogP contribution in [-0.4, -0.2) is 21.6 Å². The van der Waals surface area contributed by atoms with Gasteiger partial charge in [-0.2, -0.15) is 9.97 Å². The van der Waals surface area contributed by atoms with Crippen molar-refractivity contribution in [1.82, 2.24) is 15.0 Å². The Morgan fingerprint density at radius 2 is 1.67 bits per heavy atom. The molecule has 6 heteroatoms. The molecule has 2 rings (SSSR count). The van der Waals surface area contributed by atoms with Crippen LogP contribution in [0.4, 0.5) is 0 Å². The van der Waals surface area contributed by atoms with Crippen molar-refractivity contribution in [3.05, 3.63) is 34.1 Å². The molecule has 0 aliphatic heterocycles. The normalized spacial score (nSPS) is 10.5. The van der Waals surface area contributed by atoms with Gasteiger partial charge in [-0.05, 0) is 55.5 Å². The Balaban J connectivity index is 2.31. The summed E-state index contributed by atoms with van der Waals surface area (Å²) in [6, 6.07) is 4.36. The van der Waals surface area contributed by atoms with E-state index in [-0.39, 0.29) is 17.3 Å². The molecule has 0 atom stereocenters. The number of aromatic nitrogens is 3. The molecule has 0 N–H and O–H groups in total. The van der Waals surface area contributed by atoms with E-state index >= 15 is 0 Å². The van der Waals surface area contributed by atoms with Gasteiger partial charge in [0.25, 0.3) is 0 Å². The summed E-state index contributed by atoms with van der Waals surface area (Å²) in [6.07, 6.45) is 0.857. The van der Waals surface area contributed by atoms with Crippen LogP contribution in [-0.2, 0) is 0 Å². The number of nitrogens with zero attached hydrogens (tertiary/aromatic N) is 3. The molecule has 0 unspecified atom stereocenters. The first kappa shape index (κ1) is 15.5. The molecule has 0 bridgehead atoms. The minimum Gasteiger partial charge on any atom is -0.463 e. The third kappa shape index (κ3) is 3.82. The van der Waals surface area contributed by atoms with Gasteiger partial charge in [0.2, 0.25) is 5.28 Å². The second-order valence-electron chi connectivity index (χ2n) is 4.77. The second-order valence-corrected chi connectivity index (χ2v) is 5.11. The van der Waals surface area contributed by atoms with Crippen LogP contribution < -0.4 is 9.47 Å². The lowest BCUT2D eigenvalue weighted by Crippen LogP contribution is -2.04. The fourth-order valence-corrected chi connectivity index (χ4v) is 1.94. The maximum absolute atomic E-state index is 5.88. The van der Waals surface area contributed by atoms with Gasteiger partial charge in [0.05, 0.1) is 6.61 Å². The van der Waals surface area contributed by atoms with Gasteiger partial charge in [0.1, 0.15) is 5.75 Å². The molecule has 2 aromatic rings. The highest BCUT2D eigenvalue weighted by atomic mass is 35.5. The van der Waals surface area contributed by atoms with E-state index < -0.39 is 0 Å². The Kier molecular flexibility index (Phi) is 4.96. The zero-order valence-electron chi connectivity index (χ0n) is 12.6. The molecule has 0 spiro atoms. The first-order valence-electron chi connectivity index (χ1n) is 6.80. The average Bonchev–Trinajstić information content (AvgIpc) is 2.45. The standard InChI is InChI=1S/C15H18ClN3O2/c1-5-8-20-14-17-13(16)18-15(19-14)21-12-10(3)7-6-9(2)11(12)4/h6-7H,5,8H2,1-4H3. The Labute approximate surface area is 129 Å². The van der Waals surface area contributed by atoms with E-state index in [1.165, 1.54) is 0 Å². The Hall–Kier alpha value is -1.88. The Morgan fingerprint density at radius 3 is 2.38 bits per heavy atom. The van der Waals surface area contributed by atoms with E-state index in [1.54, 1.807) is 0 Å². The summed E-state index contributed by atoms with van der Waals surface area (Å²) in [6.45, 7) is 8.51. The molecule has 0 aliphatic carbocycles. The highest BCUT2D eigenvalue weighted by Crippen LogP contribution is 2.29. The summed E-state index contributed by atoms with van der Waals surface area (Å²) in [5, 5.41) is 0.0501. The van der Waals surface area contributed by atoms with Gasteiger partial charge < -0.3 is 9.47 Å². The molecule has 5 nitrogen and oxygen atoms in total. The van der Waals surface area contributed by atoms with Crippen molar-refractivity contribution in [1.29, 1.82) is 0 Å². The van der Waals surface area contributed by atoms with Crippen molar-refractivity contribution in [3.63, 3.8) is 0 Å². The predicted octanol–water partition coefficient (Wildman–Crippen LogP) is 4.03. The third-order valence-corrected chi connectivity index (χ3v) is 3.24. The molecule has 0 saturated carbocycles. The average molecular weight is 308 g/mol. The fourth-order valence-electron chi connectivity index (χ4n) is 1.79. The fraction of sp³-hybridized carbons (Fsp3) is 0.400. The molecular weight excluding hydrogens is 290 g/mol. The number of benzene rings is 1. The highest BCUT2D eigenvalue weighted by molar-refractivity contribution is 6.28. The molecule has 0 saturated heterocycles. The molecule has 0 amide bonds. The predicted molar refractivity (Wildman–Crippen MR) is 81.4 cm³/mol. The Morgan fingerprint density at radius 1 is 1.00 bits per heavy atom. The summed E-state index contributed by atoms with van der Waals surface area (Å²) >= 11 is 5.88. The third-order valence-electron chi connectivity index (χ3n) is 3.07. The topological polar surface area (TPSA) is 57.1 Å². The molecule has 1 aromatic carbocycles. The summed E-state index contributed by atoms with van der Waals surface area (Å²) in [4.78, 5) is 12.0. The zero-order valence-corrected chi connectivity index (χ0v) is 13.4. The zero-order chi connectivity index (χ0) is 15.4. The van der Waals surface area contributed by atoms with Crippen molar-refractivity contribution in [2.75, 3.05) is 6.61 Å². The molecule has 1 aromatic heterocycles. The van der Waals surface area contributed by atoms with Crippen molar-refractivity contribution in [3.8, 4) is 17.8 Å². The molecule has 0 radical (unpaired) electrons. The molecule has 1 heterocycles. The first-order valence-corrected chi connectivity index (χ1v) is 7.18. The van der Waals surface area contributed by atoms with E-state index in [2.05, 4.69) is 15.0 Å². The van der Waals surface area contributed by atoms with Gasteiger partial charge in [0, 0.05) is 0 Å². The lowest BCUT2D eigenvalue weighted by atomic mass is 10.1. The van der Waals surface area contributed by atoms with Crippen molar-refractivity contribution in [2.45, 2.75) is 34.1 Å². The number of ether oxygens (including phenoxy) is 2. The van der Waals surface area contributed by atoms with Crippen molar-refractivity contribution in [2.24, 2.45) is 0 Å². The monoisotopic (exact) mass is 307 g/mol. The molecule has 21 heavy (non-hydrogen) atoms. The second kappa shape index (κ2) is 6.72. The lowest BCUT2D eigenvalue weighted by Gasteiger charge is -2.12. The van der Waals surface area contributed by atoms with Crippen LogP contribution in [0.3, 0.4) is 0 Å². The number of rotatable bonds is 5. The molecular formula is C15H18ClN3O2. The summed E-state index contributed by atoms with van der Waals surface area (Å²) in [5.74, 6) is 0.735. The number of hydrogen-bond acceptors (Lipinski definition) is 5. The lowest BCUT2D eigenvalue weighted by molar-refractivity contribution is 0.284. The smallest absolute Gasteiger partial charge is 0.329 e. The largest absolute Gasteiger partial charge is 0.463 e. The van der Waals surface area contributed by atoms with E-state index in [0.717, 1.165) is 28.9 Å². The van der Waals surface area contributed by atoms with Crippen LogP contribution in [0.25, 0.3) is 0 Å². The minimum atomic E-state index is 0.0501. The SMILES string of the molecule is CCCOc1nc(Cl)nc(Oc2c(C)ccc(C)c2C)n1. The van der Waals surface area contributed by atoms with Crippen LogP contribution in [0.15, 0.2) is 12.1 Å².